The standard InChI is InChI=1S/C16H29NO4/c1-3-21-14(18)13-4-6-16(20,7-5-13)12-17-10-8-15(2,19)9-11-17/h13,19-20H,3-12H2,1-2H3. The highest BCUT2D eigenvalue weighted by Gasteiger charge is 2.39. The zero-order chi connectivity index (χ0) is 15.5. The summed E-state index contributed by atoms with van der Waals surface area (Å²) in [6.07, 6.45) is 4.25. The molecular weight excluding hydrogens is 270 g/mol. The lowest BCUT2D eigenvalue weighted by Crippen LogP contribution is -2.51. The molecule has 0 aromatic heterocycles. The van der Waals surface area contributed by atoms with Gasteiger partial charge in [-0.25, -0.2) is 0 Å². The van der Waals surface area contributed by atoms with Gasteiger partial charge in [0.05, 0.1) is 23.7 Å². The Morgan fingerprint density at radius 3 is 2.29 bits per heavy atom. The van der Waals surface area contributed by atoms with Gasteiger partial charge in [0.2, 0.25) is 0 Å². The third-order valence-electron chi connectivity index (χ3n) is 4.99. The first kappa shape index (κ1) is 16.7. The van der Waals surface area contributed by atoms with Crippen LogP contribution < -0.4 is 0 Å². The summed E-state index contributed by atoms with van der Waals surface area (Å²) in [6, 6.07) is 0. The summed E-state index contributed by atoms with van der Waals surface area (Å²) in [5.74, 6) is -0.166. The van der Waals surface area contributed by atoms with Crippen LogP contribution in [0.25, 0.3) is 0 Å². The second-order valence-corrected chi connectivity index (χ2v) is 7.02. The lowest BCUT2D eigenvalue weighted by atomic mass is 9.78. The highest BCUT2D eigenvalue weighted by molar-refractivity contribution is 5.72. The number of ether oxygens (including phenoxy) is 1. The summed E-state index contributed by atoms with van der Waals surface area (Å²) in [5, 5.41) is 20.7. The molecule has 2 fully saturated rings. The van der Waals surface area contributed by atoms with E-state index in [1.165, 1.54) is 0 Å². The lowest BCUT2D eigenvalue weighted by molar-refractivity contribution is -0.151. The normalized spacial score (nSPS) is 33.6. The number of hydrogen-bond donors (Lipinski definition) is 2. The summed E-state index contributed by atoms with van der Waals surface area (Å²) < 4.78 is 5.06. The van der Waals surface area contributed by atoms with Gasteiger partial charge >= 0.3 is 5.97 Å². The van der Waals surface area contributed by atoms with E-state index in [0.717, 1.165) is 25.9 Å². The van der Waals surface area contributed by atoms with Gasteiger partial charge in [0.25, 0.3) is 0 Å². The molecule has 0 aromatic carbocycles. The number of β-amino-alcohol motifs (C(OH)–C–C–N with tert-alkyl or cyclic N) is 1. The van der Waals surface area contributed by atoms with Crippen LogP contribution in [0.5, 0.6) is 0 Å². The molecule has 2 rings (SSSR count). The monoisotopic (exact) mass is 299 g/mol. The average Bonchev–Trinajstić information content (AvgIpc) is 2.42. The Morgan fingerprint density at radius 2 is 1.76 bits per heavy atom. The van der Waals surface area contributed by atoms with Crippen molar-refractivity contribution in [3.05, 3.63) is 0 Å². The molecule has 1 saturated carbocycles. The molecule has 2 aliphatic rings. The largest absolute Gasteiger partial charge is 0.466 e. The average molecular weight is 299 g/mol. The molecule has 0 atom stereocenters. The van der Waals surface area contributed by atoms with Crippen molar-refractivity contribution in [2.45, 2.75) is 63.6 Å². The fraction of sp³-hybridized carbons (Fsp3) is 0.938. The molecule has 5 heteroatoms. The van der Waals surface area contributed by atoms with Gasteiger partial charge in [0, 0.05) is 19.6 Å². The van der Waals surface area contributed by atoms with Crippen molar-refractivity contribution in [1.29, 1.82) is 0 Å². The van der Waals surface area contributed by atoms with E-state index in [2.05, 4.69) is 4.90 Å². The number of esters is 1. The predicted octanol–water partition coefficient (Wildman–Crippen LogP) is 1.32. The Kier molecular flexibility index (Phi) is 5.28. The molecule has 122 valence electrons. The molecule has 1 heterocycles. The highest BCUT2D eigenvalue weighted by Crippen LogP contribution is 2.34. The summed E-state index contributed by atoms with van der Waals surface area (Å²) in [6.45, 7) is 6.44. The van der Waals surface area contributed by atoms with E-state index in [-0.39, 0.29) is 11.9 Å². The van der Waals surface area contributed by atoms with E-state index in [1.807, 2.05) is 13.8 Å². The SMILES string of the molecule is CCOC(=O)C1CCC(O)(CN2CCC(C)(O)CC2)CC1. The van der Waals surface area contributed by atoms with Crippen molar-refractivity contribution in [3.63, 3.8) is 0 Å². The highest BCUT2D eigenvalue weighted by atomic mass is 16.5. The van der Waals surface area contributed by atoms with Crippen LogP contribution in [0.3, 0.4) is 0 Å². The van der Waals surface area contributed by atoms with Gasteiger partial charge in [0.15, 0.2) is 0 Å². The maximum absolute atomic E-state index is 11.7. The van der Waals surface area contributed by atoms with E-state index < -0.39 is 11.2 Å². The molecule has 0 radical (unpaired) electrons. The van der Waals surface area contributed by atoms with Crippen LogP contribution in [0.1, 0.15) is 52.4 Å². The number of aliphatic hydroxyl groups is 2. The fourth-order valence-corrected chi connectivity index (χ4v) is 3.42. The Balaban J connectivity index is 1.78. The molecule has 21 heavy (non-hydrogen) atoms. The molecule has 1 aliphatic carbocycles. The maximum atomic E-state index is 11.7. The van der Waals surface area contributed by atoms with Crippen LogP contribution in [-0.4, -0.2) is 58.5 Å². The minimum atomic E-state index is -0.688. The molecule has 0 spiro atoms. The lowest BCUT2D eigenvalue weighted by Gasteiger charge is -2.42. The minimum Gasteiger partial charge on any atom is -0.466 e. The van der Waals surface area contributed by atoms with Crippen molar-refractivity contribution in [1.82, 2.24) is 4.90 Å². The van der Waals surface area contributed by atoms with Crippen LogP contribution in [0, 0.1) is 5.92 Å². The Labute approximate surface area is 127 Å². The second kappa shape index (κ2) is 6.63. The minimum absolute atomic E-state index is 0.0488. The third kappa shape index (κ3) is 4.66. The van der Waals surface area contributed by atoms with Crippen LogP contribution in [0.15, 0.2) is 0 Å². The molecule has 2 N–H and O–H groups in total. The van der Waals surface area contributed by atoms with Crippen molar-refractivity contribution in [2.24, 2.45) is 5.92 Å². The molecule has 0 unspecified atom stereocenters. The number of hydrogen-bond acceptors (Lipinski definition) is 5. The van der Waals surface area contributed by atoms with Crippen molar-refractivity contribution >= 4 is 5.97 Å². The Bertz CT molecular complexity index is 351. The molecular formula is C16H29NO4. The van der Waals surface area contributed by atoms with Gasteiger partial charge in [-0.15, -0.1) is 0 Å². The van der Waals surface area contributed by atoms with Crippen molar-refractivity contribution < 1.29 is 19.7 Å². The number of carbonyl (C=O) groups is 1. The second-order valence-electron chi connectivity index (χ2n) is 7.02. The predicted molar refractivity (Wildman–Crippen MR) is 79.8 cm³/mol. The maximum Gasteiger partial charge on any atom is 0.308 e. The summed E-state index contributed by atoms with van der Waals surface area (Å²) in [5.41, 5.74) is -1.24. The summed E-state index contributed by atoms with van der Waals surface area (Å²) in [7, 11) is 0. The number of rotatable bonds is 4. The third-order valence-corrected chi connectivity index (χ3v) is 4.99. The quantitative estimate of drug-likeness (QED) is 0.766. The van der Waals surface area contributed by atoms with Gasteiger partial charge in [0.1, 0.15) is 0 Å². The van der Waals surface area contributed by atoms with Crippen LogP contribution in [0.2, 0.25) is 0 Å². The van der Waals surface area contributed by atoms with E-state index in [0.29, 0.717) is 38.8 Å². The number of piperidine rings is 1. The zero-order valence-corrected chi connectivity index (χ0v) is 13.3. The van der Waals surface area contributed by atoms with Crippen LogP contribution >= 0.6 is 0 Å². The van der Waals surface area contributed by atoms with E-state index in [9.17, 15) is 15.0 Å². The first-order chi connectivity index (χ1) is 9.84. The molecule has 0 aromatic rings. The van der Waals surface area contributed by atoms with E-state index >= 15 is 0 Å². The Morgan fingerprint density at radius 1 is 1.19 bits per heavy atom. The van der Waals surface area contributed by atoms with Crippen molar-refractivity contribution in [2.75, 3.05) is 26.2 Å². The first-order valence-electron chi connectivity index (χ1n) is 8.17. The van der Waals surface area contributed by atoms with Crippen LogP contribution in [-0.2, 0) is 9.53 Å². The summed E-state index contributed by atoms with van der Waals surface area (Å²) >= 11 is 0. The smallest absolute Gasteiger partial charge is 0.308 e. The van der Waals surface area contributed by atoms with Crippen LogP contribution in [0.4, 0.5) is 0 Å². The topological polar surface area (TPSA) is 70.0 Å². The van der Waals surface area contributed by atoms with Gasteiger partial charge in [-0.05, 0) is 52.4 Å². The van der Waals surface area contributed by atoms with Gasteiger partial charge in [-0.3, -0.25) is 4.79 Å². The fourth-order valence-electron chi connectivity index (χ4n) is 3.42. The van der Waals surface area contributed by atoms with E-state index in [1.54, 1.807) is 0 Å². The number of likely N-dealkylation sites (tertiary alicyclic amines) is 1. The zero-order valence-electron chi connectivity index (χ0n) is 13.3. The number of nitrogens with zero attached hydrogens (tertiary/aromatic N) is 1. The van der Waals surface area contributed by atoms with E-state index in [4.69, 9.17) is 4.74 Å². The first-order valence-corrected chi connectivity index (χ1v) is 8.17. The molecule has 5 nitrogen and oxygen atoms in total. The molecule has 0 bridgehead atoms. The van der Waals surface area contributed by atoms with Crippen molar-refractivity contribution in [3.8, 4) is 0 Å². The van der Waals surface area contributed by atoms with Gasteiger partial charge in [-0.1, -0.05) is 0 Å². The number of carbonyl (C=O) groups excluding carboxylic acids is 1. The molecule has 0 amide bonds. The van der Waals surface area contributed by atoms with Gasteiger partial charge in [-0.2, -0.15) is 0 Å². The molecule has 1 saturated heterocycles. The Hall–Kier alpha value is -0.650. The molecule has 1 aliphatic heterocycles. The van der Waals surface area contributed by atoms with Gasteiger partial charge < -0.3 is 19.8 Å². The summed E-state index contributed by atoms with van der Waals surface area (Å²) in [4.78, 5) is 14.0.